The number of halogens is 3. The zero-order chi connectivity index (χ0) is 17.9. The number of rotatable bonds is 5. The molecule has 24 heavy (non-hydrogen) atoms. The second kappa shape index (κ2) is 7.14. The van der Waals surface area contributed by atoms with Crippen LogP contribution in [0, 0.1) is 0 Å². The SMILES string of the molecule is CC(C)Nc1nc(NC(C)C(F)(F)F)nc(C2=CCCC(=O)C2)n1. The fourth-order valence-electron chi connectivity index (χ4n) is 2.13. The third-order valence-corrected chi connectivity index (χ3v) is 3.38. The Labute approximate surface area is 138 Å². The van der Waals surface area contributed by atoms with Crippen molar-refractivity contribution in [2.24, 2.45) is 0 Å². The van der Waals surface area contributed by atoms with Gasteiger partial charge in [0.15, 0.2) is 5.82 Å². The average Bonchev–Trinajstić information content (AvgIpc) is 2.45. The molecule has 1 unspecified atom stereocenters. The first-order valence-corrected chi connectivity index (χ1v) is 7.72. The maximum Gasteiger partial charge on any atom is 0.408 e. The Morgan fingerprint density at radius 3 is 2.25 bits per heavy atom. The van der Waals surface area contributed by atoms with E-state index in [4.69, 9.17) is 0 Å². The Hall–Kier alpha value is -2.19. The van der Waals surface area contributed by atoms with Crippen molar-refractivity contribution in [2.75, 3.05) is 10.6 Å². The van der Waals surface area contributed by atoms with Crippen molar-refractivity contribution in [3.8, 4) is 0 Å². The predicted octanol–water partition coefficient (Wildman–Crippen LogP) is 3.19. The summed E-state index contributed by atoms with van der Waals surface area (Å²) in [5.74, 6) is 0.278. The van der Waals surface area contributed by atoms with Crippen LogP contribution in [-0.2, 0) is 4.79 Å². The van der Waals surface area contributed by atoms with Gasteiger partial charge in [0, 0.05) is 24.5 Å². The van der Waals surface area contributed by atoms with Gasteiger partial charge in [0.1, 0.15) is 11.8 Å². The van der Waals surface area contributed by atoms with Crippen LogP contribution in [0.5, 0.6) is 0 Å². The van der Waals surface area contributed by atoms with Crippen LogP contribution in [0.25, 0.3) is 5.57 Å². The lowest BCUT2D eigenvalue weighted by atomic mass is 9.98. The molecule has 0 fully saturated rings. The summed E-state index contributed by atoms with van der Waals surface area (Å²) in [6.45, 7) is 4.71. The highest BCUT2D eigenvalue weighted by molar-refractivity contribution is 5.91. The first-order valence-electron chi connectivity index (χ1n) is 7.72. The number of Topliss-reactive ketones (excluding diaryl/α,β-unsaturated/α-hetero) is 1. The number of nitrogens with one attached hydrogen (secondary N) is 2. The molecule has 132 valence electrons. The van der Waals surface area contributed by atoms with E-state index in [-0.39, 0.29) is 36.0 Å². The summed E-state index contributed by atoms with van der Waals surface area (Å²) in [4.78, 5) is 23.9. The highest BCUT2D eigenvalue weighted by Gasteiger charge is 2.36. The zero-order valence-corrected chi connectivity index (χ0v) is 13.7. The molecule has 1 atom stereocenters. The topological polar surface area (TPSA) is 79.8 Å². The van der Waals surface area contributed by atoms with Crippen LogP contribution in [0.15, 0.2) is 6.08 Å². The van der Waals surface area contributed by atoms with E-state index in [2.05, 4.69) is 25.6 Å². The molecule has 0 aliphatic heterocycles. The fourth-order valence-corrected chi connectivity index (χ4v) is 2.13. The van der Waals surface area contributed by atoms with E-state index < -0.39 is 12.2 Å². The van der Waals surface area contributed by atoms with Gasteiger partial charge in [-0.05, 0) is 27.2 Å². The van der Waals surface area contributed by atoms with Gasteiger partial charge in [0.25, 0.3) is 0 Å². The van der Waals surface area contributed by atoms with Crippen molar-refractivity contribution >= 4 is 23.3 Å². The van der Waals surface area contributed by atoms with Crippen molar-refractivity contribution in [3.05, 3.63) is 11.9 Å². The van der Waals surface area contributed by atoms with E-state index >= 15 is 0 Å². The zero-order valence-electron chi connectivity index (χ0n) is 13.7. The van der Waals surface area contributed by atoms with Crippen LogP contribution in [0.4, 0.5) is 25.1 Å². The molecule has 0 spiro atoms. The van der Waals surface area contributed by atoms with Crippen molar-refractivity contribution in [1.82, 2.24) is 15.0 Å². The van der Waals surface area contributed by atoms with E-state index in [1.54, 1.807) is 0 Å². The summed E-state index contributed by atoms with van der Waals surface area (Å²) in [6, 6.07) is -1.81. The van der Waals surface area contributed by atoms with Crippen molar-refractivity contribution < 1.29 is 18.0 Å². The molecule has 2 N–H and O–H groups in total. The number of carbonyl (C=O) groups excluding carboxylic acids is 1. The van der Waals surface area contributed by atoms with Crippen LogP contribution in [0.3, 0.4) is 0 Å². The molecule has 0 bridgehead atoms. The number of anilines is 2. The maximum absolute atomic E-state index is 12.7. The Kier molecular flexibility index (Phi) is 5.40. The molecule has 2 rings (SSSR count). The standard InChI is InChI=1S/C15H20F3N5O/c1-8(2)19-13-21-12(10-5-4-6-11(24)7-10)22-14(23-13)20-9(3)15(16,17)18/h5,8-9H,4,6-7H2,1-3H3,(H2,19,20,21,22,23). The first-order chi connectivity index (χ1) is 11.1. The van der Waals surface area contributed by atoms with Crippen molar-refractivity contribution in [3.63, 3.8) is 0 Å². The van der Waals surface area contributed by atoms with E-state index in [9.17, 15) is 18.0 Å². The summed E-state index contributed by atoms with van der Waals surface area (Å²) in [5.41, 5.74) is 0.614. The molecule has 0 saturated carbocycles. The van der Waals surface area contributed by atoms with E-state index in [0.717, 1.165) is 6.92 Å². The number of hydrogen-bond donors (Lipinski definition) is 2. The van der Waals surface area contributed by atoms with Gasteiger partial charge in [-0.2, -0.15) is 28.1 Å². The lowest BCUT2D eigenvalue weighted by molar-refractivity contribution is -0.138. The van der Waals surface area contributed by atoms with E-state index in [1.165, 1.54) is 0 Å². The van der Waals surface area contributed by atoms with Crippen LogP contribution in [-0.4, -0.2) is 39.0 Å². The summed E-state index contributed by atoms with van der Waals surface area (Å²) < 4.78 is 38.2. The minimum Gasteiger partial charge on any atom is -0.352 e. The molecule has 1 aromatic heterocycles. The highest BCUT2D eigenvalue weighted by Crippen LogP contribution is 2.26. The van der Waals surface area contributed by atoms with Gasteiger partial charge in [-0.15, -0.1) is 0 Å². The number of ketones is 1. The normalized spacial score (nSPS) is 16.8. The lowest BCUT2D eigenvalue weighted by Crippen LogP contribution is -2.34. The number of hydrogen-bond acceptors (Lipinski definition) is 6. The third-order valence-electron chi connectivity index (χ3n) is 3.38. The summed E-state index contributed by atoms with van der Waals surface area (Å²) in [5, 5.41) is 5.20. The monoisotopic (exact) mass is 343 g/mol. The Balaban J connectivity index is 2.34. The Morgan fingerprint density at radius 1 is 1.08 bits per heavy atom. The summed E-state index contributed by atoms with van der Waals surface area (Å²) in [6.07, 6.45) is -1.36. The third kappa shape index (κ3) is 4.90. The number of aromatic nitrogens is 3. The molecule has 1 aliphatic rings. The van der Waals surface area contributed by atoms with E-state index in [0.29, 0.717) is 18.4 Å². The molecule has 1 aliphatic carbocycles. The second-order valence-electron chi connectivity index (χ2n) is 6.00. The molecular weight excluding hydrogens is 323 g/mol. The van der Waals surface area contributed by atoms with Gasteiger partial charge in [-0.1, -0.05) is 6.08 Å². The Bertz CT molecular complexity index is 642. The summed E-state index contributed by atoms with van der Waals surface area (Å²) in [7, 11) is 0. The molecule has 0 aromatic carbocycles. The number of allylic oxidation sites excluding steroid dienone is 2. The van der Waals surface area contributed by atoms with Crippen LogP contribution >= 0.6 is 0 Å². The predicted molar refractivity (Wildman–Crippen MR) is 84.6 cm³/mol. The highest BCUT2D eigenvalue weighted by atomic mass is 19.4. The van der Waals surface area contributed by atoms with Crippen LogP contribution in [0.2, 0.25) is 0 Å². The minimum atomic E-state index is -4.42. The van der Waals surface area contributed by atoms with Gasteiger partial charge in [-0.3, -0.25) is 4.79 Å². The smallest absolute Gasteiger partial charge is 0.352 e. The van der Waals surface area contributed by atoms with Crippen molar-refractivity contribution in [2.45, 2.75) is 58.3 Å². The van der Waals surface area contributed by atoms with Gasteiger partial charge >= 0.3 is 6.18 Å². The molecule has 0 saturated heterocycles. The molecule has 1 aromatic rings. The van der Waals surface area contributed by atoms with Gasteiger partial charge in [0.05, 0.1) is 0 Å². The number of alkyl halides is 3. The van der Waals surface area contributed by atoms with Crippen LogP contribution in [0.1, 0.15) is 45.9 Å². The number of carbonyl (C=O) groups is 1. The quantitative estimate of drug-likeness (QED) is 0.855. The second-order valence-corrected chi connectivity index (χ2v) is 6.00. The molecule has 0 radical (unpaired) electrons. The lowest BCUT2D eigenvalue weighted by Gasteiger charge is -2.19. The molecule has 9 heteroatoms. The maximum atomic E-state index is 12.7. The van der Waals surface area contributed by atoms with Gasteiger partial charge in [0.2, 0.25) is 11.9 Å². The largest absolute Gasteiger partial charge is 0.408 e. The van der Waals surface area contributed by atoms with E-state index in [1.807, 2.05) is 19.9 Å². The van der Waals surface area contributed by atoms with Gasteiger partial charge < -0.3 is 10.6 Å². The van der Waals surface area contributed by atoms with Crippen molar-refractivity contribution in [1.29, 1.82) is 0 Å². The molecule has 6 nitrogen and oxygen atoms in total. The average molecular weight is 343 g/mol. The molecule has 1 heterocycles. The molecular formula is C15H20F3N5O. The number of nitrogens with zero attached hydrogens (tertiary/aromatic N) is 3. The molecule has 0 amide bonds. The minimum absolute atomic E-state index is 0.00453. The van der Waals surface area contributed by atoms with Gasteiger partial charge in [-0.25, -0.2) is 0 Å². The fraction of sp³-hybridized carbons (Fsp3) is 0.600. The Morgan fingerprint density at radius 2 is 1.71 bits per heavy atom. The first kappa shape index (κ1) is 18.2. The summed E-state index contributed by atoms with van der Waals surface area (Å²) >= 11 is 0. The van der Waals surface area contributed by atoms with Crippen LogP contribution < -0.4 is 10.6 Å².